The molecule has 0 aliphatic carbocycles. The third kappa shape index (κ3) is 3.32. The highest BCUT2D eigenvalue weighted by Gasteiger charge is 2.22. The van der Waals surface area contributed by atoms with Crippen molar-refractivity contribution in [2.75, 3.05) is 7.05 Å². The zero-order chi connectivity index (χ0) is 19.5. The van der Waals surface area contributed by atoms with Gasteiger partial charge in [0.1, 0.15) is 6.33 Å². The largest absolute Gasteiger partial charge is 0.333 e. The second-order valence-corrected chi connectivity index (χ2v) is 6.53. The van der Waals surface area contributed by atoms with E-state index in [1.807, 2.05) is 55.5 Å². The van der Waals surface area contributed by atoms with Crippen LogP contribution in [0.25, 0.3) is 22.2 Å². The fourth-order valence-corrected chi connectivity index (χ4v) is 3.14. The summed E-state index contributed by atoms with van der Waals surface area (Å²) in [7, 11) is 1.79. The number of hydrogen-bond donors (Lipinski definition) is 0. The van der Waals surface area contributed by atoms with Crippen LogP contribution < -0.4 is 0 Å². The van der Waals surface area contributed by atoms with Crippen molar-refractivity contribution in [3.8, 4) is 11.3 Å². The van der Waals surface area contributed by atoms with E-state index in [2.05, 4.69) is 15.0 Å². The van der Waals surface area contributed by atoms with Crippen molar-refractivity contribution in [1.82, 2.24) is 24.8 Å². The second kappa shape index (κ2) is 7.52. The van der Waals surface area contributed by atoms with Gasteiger partial charge in [-0.3, -0.25) is 9.78 Å². The summed E-state index contributed by atoms with van der Waals surface area (Å²) in [5.74, 6) is -0.0833. The maximum Gasteiger partial charge on any atom is 0.254 e. The summed E-state index contributed by atoms with van der Waals surface area (Å²) in [6.07, 6.45) is 6.61. The number of nitrogens with zero attached hydrogens (tertiary/aromatic N) is 5. The van der Waals surface area contributed by atoms with E-state index < -0.39 is 0 Å². The van der Waals surface area contributed by atoms with Gasteiger partial charge in [-0.2, -0.15) is 0 Å². The smallest absolute Gasteiger partial charge is 0.254 e. The molecule has 0 bridgehead atoms. The molecule has 0 aliphatic rings. The Kier molecular flexibility index (Phi) is 4.76. The van der Waals surface area contributed by atoms with Gasteiger partial charge >= 0.3 is 0 Å². The molecule has 0 saturated carbocycles. The lowest BCUT2D eigenvalue weighted by Crippen LogP contribution is -2.30. The van der Waals surface area contributed by atoms with Gasteiger partial charge in [0.05, 0.1) is 28.5 Å². The first-order chi connectivity index (χ1) is 13.6. The standard InChI is InChI=1S/C22H19N5O/c1-15(19-9-12-24-14-25-19)27(2)22(28)18-13-21(16-7-10-23-11-8-16)26-20-6-4-3-5-17(18)20/h3-15H,1-2H3/t15-/m0/s1. The molecule has 0 radical (unpaired) electrons. The number of benzene rings is 1. The average molecular weight is 369 g/mol. The summed E-state index contributed by atoms with van der Waals surface area (Å²) in [5.41, 5.74) is 3.84. The first kappa shape index (κ1) is 17.7. The van der Waals surface area contributed by atoms with E-state index in [0.717, 1.165) is 27.9 Å². The molecule has 6 heteroatoms. The van der Waals surface area contributed by atoms with Crippen LogP contribution in [0, 0.1) is 0 Å². The second-order valence-electron chi connectivity index (χ2n) is 6.53. The number of fused-ring (bicyclic) bond motifs is 1. The molecule has 0 aliphatic heterocycles. The minimum Gasteiger partial charge on any atom is -0.333 e. The maximum atomic E-state index is 13.4. The predicted molar refractivity (Wildman–Crippen MR) is 108 cm³/mol. The molecular weight excluding hydrogens is 350 g/mol. The minimum atomic E-state index is -0.188. The van der Waals surface area contributed by atoms with Gasteiger partial charge < -0.3 is 4.90 Å². The molecule has 28 heavy (non-hydrogen) atoms. The molecule has 1 aromatic carbocycles. The van der Waals surface area contributed by atoms with Gasteiger partial charge in [0, 0.05) is 36.6 Å². The molecule has 3 heterocycles. The summed E-state index contributed by atoms with van der Waals surface area (Å²) in [6, 6.07) is 14.9. The van der Waals surface area contributed by atoms with Crippen LogP contribution in [0.1, 0.15) is 29.0 Å². The Labute approximate surface area is 162 Å². The van der Waals surface area contributed by atoms with Gasteiger partial charge in [-0.15, -0.1) is 0 Å². The first-order valence-corrected chi connectivity index (χ1v) is 8.98. The Morgan fingerprint density at radius 1 is 1.00 bits per heavy atom. The lowest BCUT2D eigenvalue weighted by Gasteiger charge is -2.25. The van der Waals surface area contributed by atoms with E-state index in [1.165, 1.54) is 6.33 Å². The summed E-state index contributed by atoms with van der Waals surface area (Å²) in [4.78, 5) is 32.1. The van der Waals surface area contributed by atoms with E-state index in [-0.39, 0.29) is 11.9 Å². The quantitative estimate of drug-likeness (QED) is 0.545. The number of carbonyl (C=O) groups excluding carboxylic acids is 1. The van der Waals surface area contributed by atoms with Crippen LogP contribution in [-0.2, 0) is 0 Å². The van der Waals surface area contributed by atoms with E-state index in [1.54, 1.807) is 30.5 Å². The lowest BCUT2D eigenvalue weighted by molar-refractivity contribution is 0.0741. The van der Waals surface area contributed by atoms with Crippen molar-refractivity contribution in [3.63, 3.8) is 0 Å². The van der Waals surface area contributed by atoms with Crippen LogP contribution in [0.15, 0.2) is 73.4 Å². The average Bonchev–Trinajstić information content (AvgIpc) is 2.78. The Balaban J connectivity index is 1.79. The SMILES string of the molecule is C[C@@H](c1ccncn1)N(C)C(=O)c1cc(-c2ccncc2)nc2ccccc12. The molecular formula is C22H19N5O. The third-order valence-electron chi connectivity index (χ3n) is 4.86. The van der Waals surface area contributed by atoms with Crippen molar-refractivity contribution in [2.45, 2.75) is 13.0 Å². The maximum absolute atomic E-state index is 13.4. The Bertz CT molecular complexity index is 1120. The van der Waals surface area contributed by atoms with E-state index in [0.29, 0.717) is 5.56 Å². The van der Waals surface area contributed by atoms with Crippen LogP contribution in [-0.4, -0.2) is 37.8 Å². The van der Waals surface area contributed by atoms with Crippen molar-refractivity contribution < 1.29 is 4.79 Å². The number of carbonyl (C=O) groups is 1. The summed E-state index contributed by atoms with van der Waals surface area (Å²) >= 11 is 0. The minimum absolute atomic E-state index is 0.0833. The van der Waals surface area contributed by atoms with Crippen LogP contribution >= 0.6 is 0 Å². The summed E-state index contributed by atoms with van der Waals surface area (Å²) < 4.78 is 0. The van der Waals surface area contributed by atoms with Crippen LogP contribution in [0.5, 0.6) is 0 Å². The topological polar surface area (TPSA) is 71.9 Å². The Morgan fingerprint density at radius 2 is 1.75 bits per heavy atom. The van der Waals surface area contributed by atoms with Gasteiger partial charge in [0.25, 0.3) is 5.91 Å². The zero-order valence-corrected chi connectivity index (χ0v) is 15.6. The molecule has 1 amide bonds. The molecule has 4 aromatic rings. The van der Waals surface area contributed by atoms with Crippen molar-refractivity contribution >= 4 is 16.8 Å². The molecule has 0 saturated heterocycles. The highest BCUT2D eigenvalue weighted by Crippen LogP contribution is 2.27. The Morgan fingerprint density at radius 3 is 2.50 bits per heavy atom. The van der Waals surface area contributed by atoms with Crippen molar-refractivity contribution in [1.29, 1.82) is 0 Å². The number of amides is 1. The fourth-order valence-electron chi connectivity index (χ4n) is 3.14. The van der Waals surface area contributed by atoms with E-state index in [9.17, 15) is 4.79 Å². The normalized spacial score (nSPS) is 11.9. The van der Waals surface area contributed by atoms with Crippen LogP contribution in [0.2, 0.25) is 0 Å². The monoisotopic (exact) mass is 369 g/mol. The third-order valence-corrected chi connectivity index (χ3v) is 4.86. The van der Waals surface area contributed by atoms with E-state index >= 15 is 0 Å². The van der Waals surface area contributed by atoms with Crippen molar-refractivity contribution in [2.24, 2.45) is 0 Å². The predicted octanol–water partition coefficient (Wildman–Crippen LogP) is 3.92. The molecule has 0 spiro atoms. The lowest BCUT2D eigenvalue weighted by atomic mass is 10.0. The molecule has 1 atom stereocenters. The van der Waals surface area contributed by atoms with E-state index in [4.69, 9.17) is 4.98 Å². The zero-order valence-electron chi connectivity index (χ0n) is 15.6. The summed E-state index contributed by atoms with van der Waals surface area (Å²) in [5, 5.41) is 0.826. The Hall–Kier alpha value is -3.67. The summed E-state index contributed by atoms with van der Waals surface area (Å²) in [6.45, 7) is 1.95. The first-order valence-electron chi connectivity index (χ1n) is 8.98. The molecule has 3 aromatic heterocycles. The highest BCUT2D eigenvalue weighted by atomic mass is 16.2. The number of para-hydroxylation sites is 1. The molecule has 0 N–H and O–H groups in total. The van der Waals surface area contributed by atoms with Gasteiger partial charge in [0.15, 0.2) is 0 Å². The fraction of sp³-hybridized carbons (Fsp3) is 0.136. The molecule has 6 nitrogen and oxygen atoms in total. The van der Waals surface area contributed by atoms with Crippen LogP contribution in [0.4, 0.5) is 0 Å². The molecule has 4 rings (SSSR count). The molecule has 0 fully saturated rings. The number of aromatic nitrogens is 4. The van der Waals surface area contributed by atoms with Crippen molar-refractivity contribution in [3.05, 3.63) is 84.7 Å². The van der Waals surface area contributed by atoms with Gasteiger partial charge in [-0.05, 0) is 37.3 Å². The van der Waals surface area contributed by atoms with Gasteiger partial charge in [0.2, 0.25) is 0 Å². The number of rotatable bonds is 4. The van der Waals surface area contributed by atoms with Crippen LogP contribution in [0.3, 0.4) is 0 Å². The number of hydrogen-bond acceptors (Lipinski definition) is 5. The molecule has 138 valence electrons. The highest BCUT2D eigenvalue weighted by molar-refractivity contribution is 6.07. The number of pyridine rings is 2. The molecule has 0 unspecified atom stereocenters. The van der Waals surface area contributed by atoms with Gasteiger partial charge in [-0.1, -0.05) is 18.2 Å². The van der Waals surface area contributed by atoms with Gasteiger partial charge in [-0.25, -0.2) is 15.0 Å².